The molecule has 0 aliphatic heterocycles. The molecule has 0 spiro atoms. The van der Waals surface area contributed by atoms with Gasteiger partial charge in [-0.2, -0.15) is 0 Å². The Kier molecular flexibility index (Phi) is 4.46. The summed E-state index contributed by atoms with van der Waals surface area (Å²) in [6.45, 7) is 1.85. The number of aromatic nitrogens is 2. The predicted octanol–water partition coefficient (Wildman–Crippen LogP) is 0.754. The zero-order valence-corrected chi connectivity index (χ0v) is 10.2. The molecule has 1 aromatic heterocycles. The lowest BCUT2D eigenvalue weighted by atomic mass is 10.2. The van der Waals surface area contributed by atoms with E-state index < -0.39 is 6.09 Å². The van der Waals surface area contributed by atoms with Gasteiger partial charge in [-0.1, -0.05) is 0 Å². The van der Waals surface area contributed by atoms with Gasteiger partial charge in [0, 0.05) is 31.4 Å². The Hall–Kier alpha value is -1.69. The number of carboxylic acid groups (broad SMARTS) is 1. The molecule has 1 saturated carbocycles. The van der Waals surface area contributed by atoms with Gasteiger partial charge < -0.3 is 15.7 Å². The zero-order chi connectivity index (χ0) is 12.8. The van der Waals surface area contributed by atoms with Crippen molar-refractivity contribution in [3.63, 3.8) is 0 Å². The van der Waals surface area contributed by atoms with Crippen LogP contribution in [0.2, 0.25) is 0 Å². The van der Waals surface area contributed by atoms with Gasteiger partial charge in [0.1, 0.15) is 5.82 Å². The van der Waals surface area contributed by atoms with Crippen LogP contribution in [0.4, 0.5) is 4.79 Å². The van der Waals surface area contributed by atoms with E-state index in [-0.39, 0.29) is 0 Å². The van der Waals surface area contributed by atoms with Crippen molar-refractivity contribution < 1.29 is 9.90 Å². The van der Waals surface area contributed by atoms with E-state index in [2.05, 4.69) is 20.6 Å². The van der Waals surface area contributed by atoms with Crippen LogP contribution in [0.3, 0.4) is 0 Å². The van der Waals surface area contributed by atoms with E-state index in [1.54, 1.807) is 0 Å². The first kappa shape index (κ1) is 12.8. The molecule has 98 valence electrons. The first-order chi connectivity index (χ1) is 8.75. The highest BCUT2D eigenvalue weighted by Gasteiger charge is 2.25. The van der Waals surface area contributed by atoms with Gasteiger partial charge in [-0.15, -0.1) is 0 Å². The number of rotatable bonds is 7. The average Bonchev–Trinajstić information content (AvgIpc) is 3.18. The molecule has 1 amide bonds. The van der Waals surface area contributed by atoms with E-state index in [0.717, 1.165) is 24.4 Å². The number of hydrogen-bond acceptors (Lipinski definition) is 4. The molecule has 0 radical (unpaired) electrons. The topological polar surface area (TPSA) is 87.1 Å². The number of nitrogens with zero attached hydrogens (tertiary/aromatic N) is 2. The quantitative estimate of drug-likeness (QED) is 0.622. The van der Waals surface area contributed by atoms with Gasteiger partial charge in [-0.25, -0.2) is 14.8 Å². The highest BCUT2D eigenvalue weighted by molar-refractivity contribution is 5.64. The van der Waals surface area contributed by atoms with E-state index in [0.29, 0.717) is 19.0 Å². The number of hydrogen-bond donors (Lipinski definition) is 3. The van der Waals surface area contributed by atoms with Crippen molar-refractivity contribution in [1.82, 2.24) is 20.6 Å². The van der Waals surface area contributed by atoms with E-state index in [1.165, 1.54) is 12.8 Å². The summed E-state index contributed by atoms with van der Waals surface area (Å²) in [6.07, 6.45) is 6.09. The highest BCUT2D eigenvalue weighted by atomic mass is 16.4. The fourth-order valence-corrected chi connectivity index (χ4v) is 1.66. The molecule has 2 rings (SSSR count). The first-order valence-corrected chi connectivity index (χ1v) is 6.24. The molecule has 6 heteroatoms. The van der Waals surface area contributed by atoms with E-state index in [9.17, 15) is 4.79 Å². The lowest BCUT2D eigenvalue weighted by Gasteiger charge is -2.05. The fourth-order valence-electron chi connectivity index (χ4n) is 1.66. The summed E-state index contributed by atoms with van der Waals surface area (Å²) >= 11 is 0. The van der Waals surface area contributed by atoms with Crippen LogP contribution in [-0.2, 0) is 6.42 Å². The standard InChI is InChI=1S/C12H18N4O2/c17-12(18)14-6-5-13-4-3-9-7-15-11(16-8-9)10-1-2-10/h7-8,10,13-14H,1-6H2,(H,17,18). The minimum absolute atomic E-state index is 0.423. The maximum Gasteiger partial charge on any atom is 0.404 e. The van der Waals surface area contributed by atoms with Crippen molar-refractivity contribution in [1.29, 1.82) is 0 Å². The summed E-state index contributed by atoms with van der Waals surface area (Å²) in [6, 6.07) is 0. The molecule has 1 aliphatic rings. The molecule has 1 heterocycles. The third kappa shape index (κ3) is 4.29. The largest absolute Gasteiger partial charge is 0.465 e. The van der Waals surface area contributed by atoms with Crippen LogP contribution < -0.4 is 10.6 Å². The number of nitrogens with one attached hydrogen (secondary N) is 2. The molecule has 3 N–H and O–H groups in total. The molecule has 1 aliphatic carbocycles. The molecule has 6 nitrogen and oxygen atoms in total. The predicted molar refractivity (Wildman–Crippen MR) is 66.6 cm³/mol. The summed E-state index contributed by atoms with van der Waals surface area (Å²) in [5.41, 5.74) is 1.11. The van der Waals surface area contributed by atoms with Crippen LogP contribution in [0.1, 0.15) is 30.1 Å². The maximum atomic E-state index is 10.2. The summed E-state index contributed by atoms with van der Waals surface area (Å²) in [7, 11) is 0. The number of carbonyl (C=O) groups is 1. The van der Waals surface area contributed by atoms with Gasteiger partial charge >= 0.3 is 6.09 Å². The highest BCUT2D eigenvalue weighted by Crippen LogP contribution is 2.37. The van der Waals surface area contributed by atoms with Crippen LogP contribution >= 0.6 is 0 Å². The Morgan fingerprint density at radius 3 is 2.61 bits per heavy atom. The Labute approximate surface area is 106 Å². The van der Waals surface area contributed by atoms with Gasteiger partial charge in [0.15, 0.2) is 0 Å². The molecule has 0 saturated heterocycles. The van der Waals surface area contributed by atoms with E-state index in [1.807, 2.05) is 12.4 Å². The minimum atomic E-state index is -0.985. The third-order valence-corrected chi connectivity index (χ3v) is 2.84. The summed E-state index contributed by atoms with van der Waals surface area (Å²) in [5.74, 6) is 1.57. The molecule has 0 bridgehead atoms. The van der Waals surface area contributed by atoms with Gasteiger partial charge in [-0.3, -0.25) is 0 Å². The molecule has 1 aromatic rings. The van der Waals surface area contributed by atoms with Gasteiger partial charge in [0.2, 0.25) is 0 Å². The zero-order valence-electron chi connectivity index (χ0n) is 10.2. The van der Waals surface area contributed by atoms with Gasteiger partial charge in [-0.05, 0) is 31.4 Å². The minimum Gasteiger partial charge on any atom is -0.465 e. The van der Waals surface area contributed by atoms with Crippen molar-refractivity contribution in [2.75, 3.05) is 19.6 Å². The lowest BCUT2D eigenvalue weighted by Crippen LogP contribution is -2.31. The van der Waals surface area contributed by atoms with E-state index in [4.69, 9.17) is 5.11 Å². The van der Waals surface area contributed by atoms with Crippen molar-refractivity contribution in [2.24, 2.45) is 0 Å². The first-order valence-electron chi connectivity index (χ1n) is 6.24. The van der Waals surface area contributed by atoms with Crippen LogP contribution in [0.15, 0.2) is 12.4 Å². The number of amides is 1. The molecule has 1 fully saturated rings. The fraction of sp³-hybridized carbons (Fsp3) is 0.583. The van der Waals surface area contributed by atoms with Crippen molar-refractivity contribution >= 4 is 6.09 Å². The summed E-state index contributed by atoms with van der Waals surface area (Å²) in [5, 5.41) is 13.8. The van der Waals surface area contributed by atoms with Crippen molar-refractivity contribution in [3.05, 3.63) is 23.8 Å². The van der Waals surface area contributed by atoms with E-state index >= 15 is 0 Å². The smallest absolute Gasteiger partial charge is 0.404 e. The molecular formula is C12H18N4O2. The Bertz CT molecular complexity index is 390. The maximum absolute atomic E-state index is 10.2. The van der Waals surface area contributed by atoms with Crippen molar-refractivity contribution in [3.8, 4) is 0 Å². The second-order valence-corrected chi connectivity index (χ2v) is 4.46. The van der Waals surface area contributed by atoms with Crippen molar-refractivity contribution in [2.45, 2.75) is 25.2 Å². The monoisotopic (exact) mass is 250 g/mol. The van der Waals surface area contributed by atoms with Gasteiger partial charge in [0.05, 0.1) is 0 Å². The van der Waals surface area contributed by atoms with Crippen LogP contribution in [-0.4, -0.2) is 40.8 Å². The van der Waals surface area contributed by atoms with Gasteiger partial charge in [0.25, 0.3) is 0 Å². The third-order valence-electron chi connectivity index (χ3n) is 2.84. The normalized spacial score (nSPS) is 14.4. The summed E-state index contributed by atoms with van der Waals surface area (Å²) < 4.78 is 0. The Morgan fingerprint density at radius 2 is 2.00 bits per heavy atom. The SMILES string of the molecule is O=C(O)NCCNCCc1cnc(C2CC2)nc1. The Balaban J connectivity index is 1.59. The molecule has 0 atom stereocenters. The van der Waals surface area contributed by atoms with Crippen LogP contribution in [0.5, 0.6) is 0 Å². The van der Waals surface area contributed by atoms with Crippen LogP contribution in [0, 0.1) is 0 Å². The average molecular weight is 250 g/mol. The van der Waals surface area contributed by atoms with Crippen LogP contribution in [0.25, 0.3) is 0 Å². The molecule has 0 aromatic carbocycles. The Morgan fingerprint density at radius 1 is 1.28 bits per heavy atom. The molecule has 0 unspecified atom stereocenters. The second-order valence-electron chi connectivity index (χ2n) is 4.46. The molecule has 18 heavy (non-hydrogen) atoms. The molecular weight excluding hydrogens is 232 g/mol. The summed E-state index contributed by atoms with van der Waals surface area (Å²) in [4.78, 5) is 18.9. The second kappa shape index (κ2) is 6.30. The lowest BCUT2D eigenvalue weighted by molar-refractivity contribution is 0.194.